The lowest BCUT2D eigenvalue weighted by atomic mass is 9.98. The number of rotatable bonds is 6. The number of allylic oxidation sites excluding steroid dienone is 2. The van der Waals surface area contributed by atoms with Gasteiger partial charge >= 0.3 is 6.09 Å². The van der Waals surface area contributed by atoms with E-state index in [0.29, 0.717) is 13.0 Å². The molecule has 4 nitrogen and oxygen atoms in total. The Morgan fingerprint density at radius 1 is 1.40 bits per heavy atom. The zero-order valence-corrected chi connectivity index (χ0v) is 13.3. The summed E-state index contributed by atoms with van der Waals surface area (Å²) in [4.78, 5) is 25.3. The summed E-state index contributed by atoms with van der Waals surface area (Å²) in [6, 6.07) is -0.111. The molecule has 1 aliphatic heterocycles. The van der Waals surface area contributed by atoms with Gasteiger partial charge in [0.25, 0.3) is 0 Å². The first-order valence-corrected chi connectivity index (χ1v) is 7.45. The molecule has 20 heavy (non-hydrogen) atoms. The van der Waals surface area contributed by atoms with Gasteiger partial charge in [-0.1, -0.05) is 32.4 Å². The molecule has 0 aromatic carbocycles. The molecule has 0 aliphatic carbocycles. The molecule has 114 valence electrons. The van der Waals surface area contributed by atoms with Gasteiger partial charge in [-0.05, 0) is 38.5 Å². The van der Waals surface area contributed by atoms with Gasteiger partial charge in [0.15, 0.2) is 0 Å². The van der Waals surface area contributed by atoms with Gasteiger partial charge in [-0.3, -0.25) is 4.79 Å². The summed E-state index contributed by atoms with van der Waals surface area (Å²) in [5.41, 5.74) is 1.30. The van der Waals surface area contributed by atoms with E-state index in [1.165, 1.54) is 10.5 Å². The highest BCUT2D eigenvalue weighted by Gasteiger charge is 2.39. The minimum Gasteiger partial charge on any atom is -0.447 e. The Balaban J connectivity index is 2.52. The summed E-state index contributed by atoms with van der Waals surface area (Å²) in [7, 11) is 0. The number of ether oxygens (including phenoxy) is 1. The number of amides is 2. The molecule has 0 N–H and O–H groups in total. The van der Waals surface area contributed by atoms with Crippen LogP contribution in [0.25, 0.3) is 0 Å². The maximum atomic E-state index is 12.3. The molecule has 2 amide bonds. The third-order valence-corrected chi connectivity index (χ3v) is 3.68. The molecule has 1 heterocycles. The maximum Gasteiger partial charge on any atom is 0.416 e. The predicted molar refractivity (Wildman–Crippen MR) is 79.3 cm³/mol. The quantitative estimate of drug-likeness (QED) is 0.696. The second kappa shape index (κ2) is 7.46. The van der Waals surface area contributed by atoms with Crippen molar-refractivity contribution in [2.24, 2.45) is 11.8 Å². The Morgan fingerprint density at radius 3 is 2.60 bits per heavy atom. The van der Waals surface area contributed by atoms with Gasteiger partial charge in [-0.15, -0.1) is 0 Å². The van der Waals surface area contributed by atoms with Crippen molar-refractivity contribution < 1.29 is 14.3 Å². The van der Waals surface area contributed by atoms with E-state index in [-0.39, 0.29) is 23.8 Å². The number of nitrogens with zero attached hydrogens (tertiary/aromatic N) is 1. The number of carbonyl (C=O) groups excluding carboxylic acids is 2. The smallest absolute Gasteiger partial charge is 0.416 e. The van der Waals surface area contributed by atoms with Crippen molar-refractivity contribution in [3.05, 3.63) is 11.6 Å². The van der Waals surface area contributed by atoms with Gasteiger partial charge in [0.2, 0.25) is 5.91 Å². The molecule has 0 unspecified atom stereocenters. The van der Waals surface area contributed by atoms with Crippen molar-refractivity contribution in [2.75, 3.05) is 6.61 Å². The number of hydrogen-bond acceptors (Lipinski definition) is 3. The van der Waals surface area contributed by atoms with Crippen LogP contribution in [0.3, 0.4) is 0 Å². The molecule has 0 radical (unpaired) electrons. The van der Waals surface area contributed by atoms with E-state index >= 15 is 0 Å². The molecule has 2 atom stereocenters. The van der Waals surface area contributed by atoms with Crippen molar-refractivity contribution in [2.45, 2.75) is 59.9 Å². The molecule has 1 saturated heterocycles. The van der Waals surface area contributed by atoms with Crippen LogP contribution in [0.5, 0.6) is 0 Å². The Hall–Kier alpha value is -1.32. The Morgan fingerprint density at radius 2 is 2.05 bits per heavy atom. The van der Waals surface area contributed by atoms with Crippen LogP contribution in [0.1, 0.15) is 53.9 Å². The van der Waals surface area contributed by atoms with E-state index in [9.17, 15) is 9.59 Å². The van der Waals surface area contributed by atoms with Gasteiger partial charge < -0.3 is 4.74 Å². The largest absolute Gasteiger partial charge is 0.447 e. The van der Waals surface area contributed by atoms with E-state index in [0.717, 1.165) is 12.8 Å². The van der Waals surface area contributed by atoms with Crippen LogP contribution < -0.4 is 0 Å². The lowest BCUT2D eigenvalue weighted by Crippen LogP contribution is -2.42. The van der Waals surface area contributed by atoms with E-state index in [4.69, 9.17) is 4.74 Å². The fraction of sp³-hybridized carbons (Fsp3) is 0.750. The highest BCUT2D eigenvalue weighted by atomic mass is 16.6. The molecule has 1 fully saturated rings. The van der Waals surface area contributed by atoms with E-state index in [2.05, 4.69) is 26.8 Å². The number of cyclic esters (lactones) is 1. The van der Waals surface area contributed by atoms with Gasteiger partial charge in [-0.2, -0.15) is 0 Å². The fourth-order valence-electron chi connectivity index (χ4n) is 2.37. The average Bonchev–Trinajstić information content (AvgIpc) is 2.70. The van der Waals surface area contributed by atoms with Crippen molar-refractivity contribution in [3.63, 3.8) is 0 Å². The molecule has 0 bridgehead atoms. The third-order valence-electron chi connectivity index (χ3n) is 3.68. The fourth-order valence-corrected chi connectivity index (χ4v) is 2.37. The zero-order chi connectivity index (χ0) is 15.3. The minimum atomic E-state index is -0.481. The number of carbonyl (C=O) groups is 2. The first kappa shape index (κ1) is 16.7. The third kappa shape index (κ3) is 4.66. The van der Waals surface area contributed by atoms with Crippen LogP contribution in [0.2, 0.25) is 0 Å². The highest BCUT2D eigenvalue weighted by Crippen LogP contribution is 2.22. The maximum absolute atomic E-state index is 12.3. The summed E-state index contributed by atoms with van der Waals surface area (Å²) in [6.45, 7) is 10.5. The van der Waals surface area contributed by atoms with Gasteiger partial charge in [-0.25, -0.2) is 9.69 Å². The summed E-state index contributed by atoms with van der Waals surface area (Å²) >= 11 is 0. The van der Waals surface area contributed by atoms with Gasteiger partial charge in [0, 0.05) is 6.42 Å². The lowest BCUT2D eigenvalue weighted by Gasteiger charge is -2.23. The van der Waals surface area contributed by atoms with Crippen LogP contribution in [0.4, 0.5) is 4.79 Å². The first-order chi connectivity index (χ1) is 9.32. The first-order valence-electron chi connectivity index (χ1n) is 7.45. The Kier molecular flexibility index (Phi) is 6.24. The Labute approximate surface area is 122 Å². The van der Waals surface area contributed by atoms with Crippen LogP contribution >= 0.6 is 0 Å². The monoisotopic (exact) mass is 281 g/mol. The summed E-state index contributed by atoms with van der Waals surface area (Å²) in [5, 5.41) is 0. The van der Waals surface area contributed by atoms with Crippen molar-refractivity contribution >= 4 is 12.0 Å². The molecule has 0 saturated carbocycles. The highest BCUT2D eigenvalue weighted by molar-refractivity contribution is 5.93. The molecule has 0 aromatic heterocycles. The summed E-state index contributed by atoms with van der Waals surface area (Å²) in [5.74, 6) is 0.404. The van der Waals surface area contributed by atoms with Crippen LogP contribution in [-0.2, 0) is 9.53 Å². The van der Waals surface area contributed by atoms with Crippen molar-refractivity contribution in [1.82, 2.24) is 4.90 Å². The average molecular weight is 281 g/mol. The number of imide groups is 1. The predicted octanol–water partition coefficient (Wildman–Crippen LogP) is 3.76. The zero-order valence-electron chi connectivity index (χ0n) is 13.3. The minimum absolute atomic E-state index is 0.101. The standard InChI is InChI=1S/C16H27NO3/c1-11(2)7-6-8-13(5)9-15(18)17-14(12(3)4)10-20-16(17)19/h7,12-14H,6,8-10H2,1-5H3/t13-,14+/m0/s1. The van der Waals surface area contributed by atoms with Crippen molar-refractivity contribution in [1.29, 1.82) is 0 Å². The van der Waals surface area contributed by atoms with Crippen molar-refractivity contribution in [3.8, 4) is 0 Å². The second-order valence-corrected chi connectivity index (χ2v) is 6.32. The SMILES string of the molecule is CC(C)=CCC[C@H](C)CC(=O)N1C(=O)OC[C@@H]1C(C)C. The van der Waals surface area contributed by atoms with E-state index < -0.39 is 6.09 Å². The lowest BCUT2D eigenvalue weighted by molar-refractivity contribution is -0.130. The van der Waals surface area contributed by atoms with Crippen LogP contribution in [-0.4, -0.2) is 29.5 Å². The number of hydrogen-bond donors (Lipinski definition) is 0. The topological polar surface area (TPSA) is 46.6 Å². The molecule has 1 aliphatic rings. The summed E-state index contributed by atoms with van der Waals surface area (Å²) in [6.07, 6.45) is 4.06. The van der Waals surface area contributed by atoms with Crippen LogP contribution in [0, 0.1) is 11.8 Å². The second-order valence-electron chi connectivity index (χ2n) is 6.32. The summed E-state index contributed by atoms with van der Waals surface area (Å²) < 4.78 is 5.01. The molecular weight excluding hydrogens is 254 g/mol. The molecule has 0 spiro atoms. The molecule has 4 heteroatoms. The molecular formula is C16H27NO3. The van der Waals surface area contributed by atoms with E-state index in [1.807, 2.05) is 13.8 Å². The molecule has 1 rings (SSSR count). The van der Waals surface area contributed by atoms with Crippen LogP contribution in [0.15, 0.2) is 11.6 Å². The van der Waals surface area contributed by atoms with E-state index in [1.54, 1.807) is 0 Å². The van der Waals surface area contributed by atoms with Gasteiger partial charge in [0.1, 0.15) is 6.61 Å². The van der Waals surface area contributed by atoms with Gasteiger partial charge in [0.05, 0.1) is 6.04 Å². The molecule has 0 aromatic rings. The normalized spacial score (nSPS) is 20.0. The Bertz CT molecular complexity index is 383.